The molecule has 0 radical (unpaired) electrons. The van der Waals surface area contributed by atoms with E-state index in [0.29, 0.717) is 10.8 Å². The van der Waals surface area contributed by atoms with Gasteiger partial charge in [0, 0.05) is 0 Å². The van der Waals surface area contributed by atoms with Crippen molar-refractivity contribution in [2.75, 3.05) is 6.54 Å². The third kappa shape index (κ3) is 2.40. The average molecular weight is 290 g/mol. The van der Waals surface area contributed by atoms with Gasteiger partial charge in [-0.1, -0.05) is 45.8 Å². The van der Waals surface area contributed by atoms with Crippen LogP contribution in [0.2, 0.25) is 0 Å². The summed E-state index contributed by atoms with van der Waals surface area (Å²) in [5, 5.41) is 0. The maximum Gasteiger partial charge on any atom is -0.00203 e. The molecule has 0 bridgehead atoms. The summed E-state index contributed by atoms with van der Waals surface area (Å²) in [4.78, 5) is 0. The summed E-state index contributed by atoms with van der Waals surface area (Å²) >= 11 is 0. The lowest BCUT2D eigenvalue weighted by Gasteiger charge is -2.60. The van der Waals surface area contributed by atoms with E-state index in [1.54, 1.807) is 0 Å². The zero-order valence-corrected chi connectivity index (χ0v) is 14.6. The van der Waals surface area contributed by atoms with Crippen LogP contribution in [0.4, 0.5) is 0 Å². The minimum absolute atomic E-state index is 0.396. The fourth-order valence-electron chi connectivity index (χ4n) is 6.22. The summed E-state index contributed by atoms with van der Waals surface area (Å²) in [6.07, 6.45) is 12.4. The molecular weight excluding hydrogens is 254 g/mol. The van der Waals surface area contributed by atoms with Crippen molar-refractivity contribution in [3.05, 3.63) is 11.6 Å². The van der Waals surface area contributed by atoms with E-state index in [1.807, 2.05) is 5.57 Å². The van der Waals surface area contributed by atoms with E-state index in [0.717, 1.165) is 30.2 Å². The summed E-state index contributed by atoms with van der Waals surface area (Å²) in [5.74, 6) is 3.35. The van der Waals surface area contributed by atoms with Gasteiger partial charge in [0.15, 0.2) is 0 Å². The highest BCUT2D eigenvalue weighted by Crippen LogP contribution is 2.63. The van der Waals surface area contributed by atoms with Gasteiger partial charge in [-0.3, -0.25) is 0 Å². The van der Waals surface area contributed by atoms with E-state index in [4.69, 9.17) is 5.73 Å². The normalized spacial score (nSPS) is 46.8. The quantitative estimate of drug-likeness (QED) is 0.698. The van der Waals surface area contributed by atoms with Crippen LogP contribution in [0.3, 0.4) is 0 Å². The molecule has 0 aromatic rings. The first-order valence-corrected chi connectivity index (χ1v) is 9.31. The van der Waals surface area contributed by atoms with Gasteiger partial charge in [0.25, 0.3) is 0 Å². The Labute approximate surface area is 131 Å². The van der Waals surface area contributed by atoms with Crippen LogP contribution < -0.4 is 5.73 Å². The fraction of sp³-hybridized carbons (Fsp3) is 0.900. The highest BCUT2D eigenvalue weighted by molar-refractivity contribution is 5.22. The maximum atomic E-state index is 6.22. The van der Waals surface area contributed by atoms with Gasteiger partial charge in [-0.2, -0.15) is 0 Å². The Kier molecular flexibility index (Phi) is 4.01. The molecule has 1 heteroatoms. The summed E-state index contributed by atoms with van der Waals surface area (Å²) in [7, 11) is 0. The highest BCUT2D eigenvalue weighted by atomic mass is 14.7. The molecule has 0 aliphatic heterocycles. The van der Waals surface area contributed by atoms with E-state index in [-0.39, 0.29) is 0 Å². The van der Waals surface area contributed by atoms with Crippen molar-refractivity contribution in [1.82, 2.24) is 0 Å². The molecule has 0 saturated heterocycles. The molecule has 3 rings (SSSR count). The van der Waals surface area contributed by atoms with Gasteiger partial charge in [-0.05, 0) is 79.6 Å². The van der Waals surface area contributed by atoms with Crippen molar-refractivity contribution in [2.45, 2.75) is 72.6 Å². The zero-order valence-electron chi connectivity index (χ0n) is 14.6. The maximum absolute atomic E-state index is 6.22. The molecule has 2 N–H and O–H groups in total. The van der Waals surface area contributed by atoms with Crippen molar-refractivity contribution in [3.63, 3.8) is 0 Å². The van der Waals surface area contributed by atoms with Gasteiger partial charge in [0.1, 0.15) is 0 Å². The molecule has 0 heterocycles. The third-order valence-corrected chi connectivity index (χ3v) is 7.61. The minimum atomic E-state index is 0.396. The van der Waals surface area contributed by atoms with Crippen LogP contribution in [-0.4, -0.2) is 6.54 Å². The molecule has 3 aliphatic carbocycles. The Morgan fingerprint density at radius 2 is 1.95 bits per heavy atom. The molecule has 1 nitrogen and oxygen atoms in total. The molecule has 0 amide bonds. The van der Waals surface area contributed by atoms with Gasteiger partial charge < -0.3 is 5.73 Å². The third-order valence-electron chi connectivity index (χ3n) is 7.61. The zero-order chi connectivity index (χ0) is 15.3. The van der Waals surface area contributed by atoms with E-state index in [9.17, 15) is 0 Å². The van der Waals surface area contributed by atoms with Crippen molar-refractivity contribution >= 4 is 0 Å². The van der Waals surface area contributed by atoms with Crippen LogP contribution >= 0.6 is 0 Å². The van der Waals surface area contributed by atoms with Gasteiger partial charge in [0.05, 0.1) is 0 Å². The van der Waals surface area contributed by atoms with Crippen LogP contribution in [-0.2, 0) is 0 Å². The van der Waals surface area contributed by atoms with Crippen molar-refractivity contribution in [3.8, 4) is 0 Å². The monoisotopic (exact) mass is 289 g/mol. The van der Waals surface area contributed by atoms with E-state index < -0.39 is 0 Å². The Balaban J connectivity index is 1.91. The van der Waals surface area contributed by atoms with Crippen LogP contribution in [0.5, 0.6) is 0 Å². The predicted octanol–water partition coefficient (Wildman–Crippen LogP) is 5.16. The van der Waals surface area contributed by atoms with Crippen LogP contribution in [0, 0.1) is 34.5 Å². The average Bonchev–Trinajstić information content (AvgIpc) is 2.46. The molecule has 0 aromatic heterocycles. The van der Waals surface area contributed by atoms with E-state index in [2.05, 4.69) is 33.8 Å². The van der Waals surface area contributed by atoms with Crippen molar-refractivity contribution in [2.24, 2.45) is 40.2 Å². The number of hydrogen-bond donors (Lipinski definition) is 1. The molecule has 120 valence electrons. The first kappa shape index (κ1) is 15.6. The van der Waals surface area contributed by atoms with Crippen LogP contribution in [0.15, 0.2) is 11.6 Å². The summed E-state index contributed by atoms with van der Waals surface area (Å²) in [5.41, 5.74) is 8.96. The fourth-order valence-corrected chi connectivity index (χ4v) is 6.22. The summed E-state index contributed by atoms with van der Waals surface area (Å²) in [6, 6.07) is 0. The second kappa shape index (κ2) is 5.41. The summed E-state index contributed by atoms with van der Waals surface area (Å²) < 4.78 is 0. The molecule has 0 aromatic carbocycles. The topological polar surface area (TPSA) is 26.0 Å². The van der Waals surface area contributed by atoms with E-state index in [1.165, 1.54) is 44.9 Å². The standard InChI is InChI=1S/C20H35N/c1-14(2)15-6-8-17-16(12-15)7-9-18-19(3,13-21)10-5-11-20(17,18)4/h12,14-15,17-18H,5-11,13,21H2,1-4H3/t15-,17-,18-,19-,20+/m0/s1. The molecular formula is C20H35N. The Morgan fingerprint density at radius 3 is 2.62 bits per heavy atom. The predicted molar refractivity (Wildman–Crippen MR) is 91.0 cm³/mol. The van der Waals surface area contributed by atoms with Gasteiger partial charge in [-0.15, -0.1) is 0 Å². The lowest BCUT2D eigenvalue weighted by atomic mass is 9.45. The molecule has 5 atom stereocenters. The van der Waals surface area contributed by atoms with Gasteiger partial charge in [-0.25, -0.2) is 0 Å². The Morgan fingerprint density at radius 1 is 1.19 bits per heavy atom. The van der Waals surface area contributed by atoms with Gasteiger partial charge >= 0.3 is 0 Å². The smallest absolute Gasteiger partial charge is 0.00203 e. The lowest BCUT2D eigenvalue weighted by molar-refractivity contribution is -0.0626. The number of rotatable bonds is 2. The molecule has 21 heavy (non-hydrogen) atoms. The Hall–Kier alpha value is -0.300. The number of fused-ring (bicyclic) bond motifs is 3. The van der Waals surface area contributed by atoms with Crippen LogP contribution in [0.25, 0.3) is 0 Å². The number of hydrogen-bond acceptors (Lipinski definition) is 1. The molecule has 2 saturated carbocycles. The van der Waals surface area contributed by atoms with Crippen molar-refractivity contribution < 1.29 is 0 Å². The largest absolute Gasteiger partial charge is 0.330 e. The SMILES string of the molecule is CC(C)[C@@H]1C=C2CC[C@H]3[C@](C)(CN)CCC[C@]3(C)[C@H]2CC1. The summed E-state index contributed by atoms with van der Waals surface area (Å²) in [6.45, 7) is 10.7. The molecule has 0 unspecified atom stereocenters. The second-order valence-corrected chi connectivity index (χ2v) is 9.09. The first-order chi connectivity index (χ1) is 9.90. The lowest BCUT2D eigenvalue weighted by Crippen LogP contribution is -2.53. The second-order valence-electron chi connectivity index (χ2n) is 9.09. The first-order valence-electron chi connectivity index (χ1n) is 9.31. The highest BCUT2D eigenvalue weighted by Gasteiger charge is 2.54. The number of nitrogens with two attached hydrogens (primary N) is 1. The minimum Gasteiger partial charge on any atom is -0.330 e. The van der Waals surface area contributed by atoms with Crippen molar-refractivity contribution in [1.29, 1.82) is 0 Å². The number of allylic oxidation sites excluding steroid dienone is 2. The van der Waals surface area contributed by atoms with Crippen LogP contribution in [0.1, 0.15) is 72.6 Å². The van der Waals surface area contributed by atoms with Gasteiger partial charge in [0.2, 0.25) is 0 Å². The van der Waals surface area contributed by atoms with E-state index >= 15 is 0 Å². The molecule has 2 fully saturated rings. The molecule has 3 aliphatic rings. The molecule has 0 spiro atoms. The Bertz CT molecular complexity index is 424.